The first-order valence-electron chi connectivity index (χ1n) is 5.04. The van der Waals surface area contributed by atoms with Gasteiger partial charge in [-0.3, -0.25) is 0 Å². The standard InChI is InChI=1S/C9H16N4O2S/c1-3-12-16(14,15)7-6-11-9-4-5-10-8(2)13-9/h4-5,12H,3,6-7H2,1-2H3,(H,10,11,13). The molecule has 7 heteroatoms. The Morgan fingerprint density at radius 3 is 2.81 bits per heavy atom. The minimum absolute atomic E-state index is 0.0316. The Morgan fingerprint density at radius 2 is 2.19 bits per heavy atom. The maximum Gasteiger partial charge on any atom is 0.213 e. The van der Waals surface area contributed by atoms with Crippen molar-refractivity contribution in [3.63, 3.8) is 0 Å². The van der Waals surface area contributed by atoms with Gasteiger partial charge in [0, 0.05) is 19.3 Å². The van der Waals surface area contributed by atoms with Crippen LogP contribution in [0.3, 0.4) is 0 Å². The van der Waals surface area contributed by atoms with Crippen LogP contribution in [0.4, 0.5) is 5.82 Å². The first kappa shape index (κ1) is 12.9. The topological polar surface area (TPSA) is 84.0 Å². The Morgan fingerprint density at radius 1 is 1.44 bits per heavy atom. The Balaban J connectivity index is 2.42. The number of hydrogen-bond acceptors (Lipinski definition) is 5. The molecule has 0 aromatic carbocycles. The molecule has 0 fully saturated rings. The largest absolute Gasteiger partial charge is 0.369 e. The van der Waals surface area contributed by atoms with Crippen LogP contribution in [0, 0.1) is 6.92 Å². The predicted octanol–water partition coefficient (Wildman–Crippen LogP) is 0.136. The molecule has 0 unspecified atom stereocenters. The van der Waals surface area contributed by atoms with Crippen LogP contribution in [0.15, 0.2) is 12.3 Å². The van der Waals surface area contributed by atoms with Crippen LogP contribution >= 0.6 is 0 Å². The molecule has 0 aliphatic carbocycles. The van der Waals surface area contributed by atoms with Gasteiger partial charge in [0.2, 0.25) is 10.0 Å². The zero-order chi connectivity index (χ0) is 12.0. The number of nitrogens with one attached hydrogen (secondary N) is 2. The van der Waals surface area contributed by atoms with Gasteiger partial charge >= 0.3 is 0 Å². The molecule has 6 nitrogen and oxygen atoms in total. The predicted molar refractivity (Wildman–Crippen MR) is 62.7 cm³/mol. The molecule has 1 aromatic rings. The summed E-state index contributed by atoms with van der Waals surface area (Å²) < 4.78 is 25.0. The smallest absolute Gasteiger partial charge is 0.213 e. The van der Waals surface area contributed by atoms with E-state index in [-0.39, 0.29) is 5.75 Å². The number of nitrogens with zero attached hydrogens (tertiary/aromatic N) is 2. The maximum absolute atomic E-state index is 11.3. The number of rotatable bonds is 6. The van der Waals surface area contributed by atoms with Crippen molar-refractivity contribution in [2.75, 3.05) is 24.2 Å². The highest BCUT2D eigenvalue weighted by molar-refractivity contribution is 7.89. The molecule has 0 bridgehead atoms. The molecule has 0 spiro atoms. The molecule has 1 heterocycles. The molecule has 0 aliphatic heterocycles. The lowest BCUT2D eigenvalue weighted by Crippen LogP contribution is -2.29. The summed E-state index contributed by atoms with van der Waals surface area (Å²) in [7, 11) is -3.17. The Hall–Kier alpha value is -1.21. The van der Waals surface area contributed by atoms with E-state index in [2.05, 4.69) is 20.0 Å². The summed E-state index contributed by atoms with van der Waals surface area (Å²) in [6.07, 6.45) is 1.63. The van der Waals surface area contributed by atoms with Crippen LogP contribution in [0.5, 0.6) is 0 Å². The van der Waals surface area contributed by atoms with Crippen LogP contribution in [-0.2, 0) is 10.0 Å². The van der Waals surface area contributed by atoms with E-state index in [0.717, 1.165) is 0 Å². The average molecular weight is 244 g/mol. The van der Waals surface area contributed by atoms with Crippen LogP contribution < -0.4 is 10.0 Å². The van der Waals surface area contributed by atoms with Crippen molar-refractivity contribution in [1.82, 2.24) is 14.7 Å². The molecule has 0 radical (unpaired) electrons. The molecule has 16 heavy (non-hydrogen) atoms. The molecular weight excluding hydrogens is 228 g/mol. The van der Waals surface area contributed by atoms with Gasteiger partial charge in [0.05, 0.1) is 5.75 Å². The molecule has 0 saturated heterocycles. The molecular formula is C9H16N4O2S. The Bertz CT molecular complexity index is 433. The monoisotopic (exact) mass is 244 g/mol. The van der Waals surface area contributed by atoms with Gasteiger partial charge in [-0.25, -0.2) is 23.1 Å². The minimum Gasteiger partial charge on any atom is -0.369 e. The lowest BCUT2D eigenvalue weighted by atomic mass is 10.5. The van der Waals surface area contributed by atoms with E-state index in [1.165, 1.54) is 0 Å². The quantitative estimate of drug-likeness (QED) is 0.743. The third-order valence-corrected chi connectivity index (χ3v) is 3.29. The number of hydrogen-bond donors (Lipinski definition) is 2. The lowest BCUT2D eigenvalue weighted by molar-refractivity contribution is 0.584. The van der Waals surface area contributed by atoms with Crippen molar-refractivity contribution < 1.29 is 8.42 Å². The number of aryl methyl sites for hydroxylation is 1. The van der Waals surface area contributed by atoms with Crippen LogP contribution in [0.1, 0.15) is 12.7 Å². The summed E-state index contributed by atoms with van der Waals surface area (Å²) in [5.74, 6) is 1.32. The fourth-order valence-corrected chi connectivity index (χ4v) is 2.12. The van der Waals surface area contributed by atoms with E-state index in [1.54, 1.807) is 26.1 Å². The van der Waals surface area contributed by atoms with Crippen molar-refractivity contribution in [2.45, 2.75) is 13.8 Å². The van der Waals surface area contributed by atoms with Gasteiger partial charge in [0.25, 0.3) is 0 Å². The van der Waals surface area contributed by atoms with Crippen LogP contribution in [0.2, 0.25) is 0 Å². The van der Waals surface area contributed by atoms with Crippen LogP contribution in [0.25, 0.3) is 0 Å². The second-order valence-corrected chi connectivity index (χ2v) is 5.16. The number of sulfonamides is 1. The van der Waals surface area contributed by atoms with Crippen molar-refractivity contribution in [3.05, 3.63) is 18.1 Å². The van der Waals surface area contributed by atoms with E-state index < -0.39 is 10.0 Å². The molecule has 1 rings (SSSR count). The lowest BCUT2D eigenvalue weighted by Gasteiger charge is -2.06. The summed E-state index contributed by atoms with van der Waals surface area (Å²) in [5.41, 5.74) is 0. The first-order chi connectivity index (χ1) is 7.53. The molecule has 0 amide bonds. The van der Waals surface area contributed by atoms with Gasteiger partial charge in [-0.1, -0.05) is 6.92 Å². The van der Waals surface area contributed by atoms with Gasteiger partial charge in [-0.05, 0) is 13.0 Å². The Labute approximate surface area is 95.6 Å². The number of aromatic nitrogens is 2. The Kier molecular flexibility index (Phi) is 4.63. The van der Waals surface area contributed by atoms with Crippen molar-refractivity contribution in [2.24, 2.45) is 0 Å². The average Bonchev–Trinajstić information content (AvgIpc) is 2.17. The fraction of sp³-hybridized carbons (Fsp3) is 0.556. The summed E-state index contributed by atoms with van der Waals surface area (Å²) in [6.45, 7) is 4.26. The van der Waals surface area contributed by atoms with E-state index in [9.17, 15) is 8.42 Å². The SMILES string of the molecule is CCNS(=O)(=O)CCNc1ccnc(C)n1. The summed E-state index contributed by atoms with van der Waals surface area (Å²) in [6, 6.07) is 1.70. The number of anilines is 1. The normalized spacial score (nSPS) is 11.4. The van der Waals surface area contributed by atoms with Gasteiger partial charge in [0.15, 0.2) is 0 Å². The van der Waals surface area contributed by atoms with E-state index in [4.69, 9.17) is 0 Å². The first-order valence-corrected chi connectivity index (χ1v) is 6.69. The maximum atomic E-state index is 11.3. The molecule has 90 valence electrons. The van der Waals surface area contributed by atoms with Crippen molar-refractivity contribution in [1.29, 1.82) is 0 Å². The van der Waals surface area contributed by atoms with Crippen molar-refractivity contribution >= 4 is 15.8 Å². The third kappa shape index (κ3) is 4.54. The summed E-state index contributed by atoms with van der Waals surface area (Å²) in [4.78, 5) is 8.05. The highest BCUT2D eigenvalue weighted by atomic mass is 32.2. The molecule has 0 saturated carbocycles. The highest BCUT2D eigenvalue weighted by Crippen LogP contribution is 2.00. The summed E-state index contributed by atoms with van der Waals surface area (Å²) >= 11 is 0. The minimum atomic E-state index is -3.17. The molecule has 2 N–H and O–H groups in total. The third-order valence-electron chi connectivity index (χ3n) is 1.82. The zero-order valence-electron chi connectivity index (χ0n) is 9.40. The van der Waals surface area contributed by atoms with Gasteiger partial charge in [0.1, 0.15) is 11.6 Å². The van der Waals surface area contributed by atoms with Crippen LogP contribution in [-0.4, -0.2) is 37.2 Å². The highest BCUT2D eigenvalue weighted by Gasteiger charge is 2.07. The van der Waals surface area contributed by atoms with Crippen molar-refractivity contribution in [3.8, 4) is 0 Å². The van der Waals surface area contributed by atoms with E-state index >= 15 is 0 Å². The summed E-state index contributed by atoms with van der Waals surface area (Å²) in [5, 5.41) is 2.93. The molecule has 0 aliphatic rings. The second kappa shape index (κ2) is 5.76. The van der Waals surface area contributed by atoms with E-state index in [0.29, 0.717) is 24.7 Å². The second-order valence-electron chi connectivity index (χ2n) is 3.23. The molecule has 1 aromatic heterocycles. The zero-order valence-corrected chi connectivity index (χ0v) is 10.2. The van der Waals surface area contributed by atoms with Gasteiger partial charge < -0.3 is 5.32 Å². The fourth-order valence-electron chi connectivity index (χ4n) is 1.16. The van der Waals surface area contributed by atoms with E-state index in [1.807, 2.05) is 0 Å². The van der Waals surface area contributed by atoms with Gasteiger partial charge in [-0.15, -0.1) is 0 Å². The van der Waals surface area contributed by atoms with Gasteiger partial charge in [-0.2, -0.15) is 0 Å². The molecule has 0 atom stereocenters.